The molecular weight excluding hydrogens is 272 g/mol. The van der Waals surface area contributed by atoms with Gasteiger partial charge in [0, 0.05) is 11.4 Å². The molecule has 0 aliphatic carbocycles. The van der Waals surface area contributed by atoms with Crippen LogP contribution in [0.3, 0.4) is 0 Å². The molecule has 1 aromatic heterocycles. The SMILES string of the molecule is CCc1ccsc1C(=O)Nc1ccc2c(c1)CC(=O)N2. The van der Waals surface area contributed by atoms with Crippen LogP contribution in [0.15, 0.2) is 29.6 Å². The maximum absolute atomic E-state index is 12.2. The van der Waals surface area contributed by atoms with E-state index < -0.39 is 0 Å². The molecule has 2 amide bonds. The van der Waals surface area contributed by atoms with E-state index in [0.717, 1.165) is 33.8 Å². The highest BCUT2D eigenvalue weighted by molar-refractivity contribution is 7.12. The second kappa shape index (κ2) is 5.09. The molecule has 20 heavy (non-hydrogen) atoms. The molecule has 0 unspecified atom stereocenters. The fraction of sp³-hybridized carbons (Fsp3) is 0.200. The highest BCUT2D eigenvalue weighted by atomic mass is 32.1. The lowest BCUT2D eigenvalue weighted by Gasteiger charge is -2.07. The first kappa shape index (κ1) is 12.9. The molecule has 1 aromatic carbocycles. The van der Waals surface area contributed by atoms with Crippen molar-refractivity contribution in [2.45, 2.75) is 19.8 Å². The predicted molar refractivity (Wildman–Crippen MR) is 80.4 cm³/mol. The van der Waals surface area contributed by atoms with Gasteiger partial charge >= 0.3 is 0 Å². The molecule has 2 heterocycles. The quantitative estimate of drug-likeness (QED) is 0.911. The van der Waals surface area contributed by atoms with Gasteiger partial charge in [0.15, 0.2) is 0 Å². The van der Waals surface area contributed by atoms with Gasteiger partial charge in [0.2, 0.25) is 5.91 Å². The van der Waals surface area contributed by atoms with Crippen LogP contribution in [0, 0.1) is 0 Å². The number of benzene rings is 1. The van der Waals surface area contributed by atoms with Gasteiger partial charge in [-0.2, -0.15) is 0 Å². The summed E-state index contributed by atoms with van der Waals surface area (Å²) in [5.74, 6) is -0.0934. The van der Waals surface area contributed by atoms with E-state index in [4.69, 9.17) is 0 Å². The summed E-state index contributed by atoms with van der Waals surface area (Å²) < 4.78 is 0. The van der Waals surface area contributed by atoms with Crippen LogP contribution < -0.4 is 10.6 Å². The average Bonchev–Trinajstić information content (AvgIpc) is 3.02. The smallest absolute Gasteiger partial charge is 0.266 e. The molecule has 1 aliphatic rings. The highest BCUT2D eigenvalue weighted by Gasteiger charge is 2.18. The van der Waals surface area contributed by atoms with Crippen LogP contribution in [0.4, 0.5) is 11.4 Å². The molecule has 102 valence electrons. The van der Waals surface area contributed by atoms with Crippen molar-refractivity contribution in [2.24, 2.45) is 0 Å². The maximum atomic E-state index is 12.2. The van der Waals surface area contributed by atoms with Crippen molar-refractivity contribution >= 4 is 34.5 Å². The molecule has 5 heteroatoms. The number of anilines is 2. The van der Waals surface area contributed by atoms with Crippen molar-refractivity contribution in [2.75, 3.05) is 10.6 Å². The lowest BCUT2D eigenvalue weighted by Crippen LogP contribution is -2.12. The van der Waals surface area contributed by atoms with Gasteiger partial charge in [-0.25, -0.2) is 0 Å². The van der Waals surface area contributed by atoms with E-state index in [0.29, 0.717) is 6.42 Å². The maximum Gasteiger partial charge on any atom is 0.266 e. The molecular formula is C15H14N2O2S. The van der Waals surface area contributed by atoms with Gasteiger partial charge in [-0.1, -0.05) is 6.92 Å². The summed E-state index contributed by atoms with van der Waals surface area (Å²) in [5.41, 5.74) is 3.54. The number of hydrogen-bond acceptors (Lipinski definition) is 3. The van der Waals surface area contributed by atoms with Gasteiger partial charge in [0.25, 0.3) is 5.91 Å². The number of hydrogen-bond donors (Lipinski definition) is 2. The van der Waals surface area contributed by atoms with Crippen LogP contribution in [0.25, 0.3) is 0 Å². The van der Waals surface area contributed by atoms with E-state index in [-0.39, 0.29) is 11.8 Å². The summed E-state index contributed by atoms with van der Waals surface area (Å²) in [7, 11) is 0. The zero-order valence-corrected chi connectivity index (χ0v) is 11.8. The Balaban J connectivity index is 1.80. The molecule has 0 saturated heterocycles. The van der Waals surface area contributed by atoms with Gasteiger partial charge in [0.1, 0.15) is 0 Å². The van der Waals surface area contributed by atoms with Crippen molar-refractivity contribution in [3.05, 3.63) is 45.6 Å². The lowest BCUT2D eigenvalue weighted by molar-refractivity contribution is -0.115. The fourth-order valence-electron chi connectivity index (χ4n) is 2.31. The van der Waals surface area contributed by atoms with Gasteiger partial charge in [0.05, 0.1) is 11.3 Å². The molecule has 0 bridgehead atoms. The van der Waals surface area contributed by atoms with E-state index in [1.807, 2.05) is 36.6 Å². The summed E-state index contributed by atoms with van der Waals surface area (Å²) in [5, 5.41) is 7.60. The van der Waals surface area contributed by atoms with Crippen molar-refractivity contribution < 1.29 is 9.59 Å². The number of amides is 2. The van der Waals surface area contributed by atoms with E-state index in [1.165, 1.54) is 11.3 Å². The molecule has 0 atom stereocenters. The first-order valence-electron chi connectivity index (χ1n) is 6.48. The Morgan fingerprint density at radius 1 is 1.40 bits per heavy atom. The minimum atomic E-state index is -0.0888. The summed E-state index contributed by atoms with van der Waals surface area (Å²) in [6, 6.07) is 7.46. The molecule has 0 saturated carbocycles. The Morgan fingerprint density at radius 3 is 3.05 bits per heavy atom. The number of rotatable bonds is 3. The summed E-state index contributed by atoms with van der Waals surface area (Å²) in [6.07, 6.45) is 1.22. The zero-order chi connectivity index (χ0) is 14.1. The summed E-state index contributed by atoms with van der Waals surface area (Å²) in [6.45, 7) is 2.03. The van der Waals surface area contributed by atoms with Crippen molar-refractivity contribution in [3.8, 4) is 0 Å². The van der Waals surface area contributed by atoms with E-state index in [1.54, 1.807) is 0 Å². The minimum absolute atomic E-state index is 0.00463. The van der Waals surface area contributed by atoms with Crippen molar-refractivity contribution in [1.29, 1.82) is 0 Å². The Labute approximate surface area is 120 Å². The molecule has 0 radical (unpaired) electrons. The van der Waals surface area contributed by atoms with Crippen LogP contribution >= 0.6 is 11.3 Å². The van der Waals surface area contributed by atoms with Crippen molar-refractivity contribution in [3.63, 3.8) is 0 Å². The van der Waals surface area contributed by atoms with Crippen molar-refractivity contribution in [1.82, 2.24) is 0 Å². The van der Waals surface area contributed by atoms with E-state index in [2.05, 4.69) is 10.6 Å². The molecule has 2 aromatic rings. The third kappa shape index (κ3) is 2.32. The monoisotopic (exact) mass is 286 g/mol. The Hall–Kier alpha value is -2.14. The Kier molecular flexibility index (Phi) is 3.28. The van der Waals surface area contributed by atoms with Gasteiger partial charge in [-0.15, -0.1) is 11.3 Å². The fourth-order valence-corrected chi connectivity index (χ4v) is 3.20. The molecule has 3 rings (SSSR count). The molecule has 4 nitrogen and oxygen atoms in total. The molecule has 0 fully saturated rings. The predicted octanol–water partition coefficient (Wildman–Crippen LogP) is 3.06. The number of carbonyl (C=O) groups excluding carboxylic acids is 2. The normalized spacial score (nSPS) is 12.9. The first-order valence-corrected chi connectivity index (χ1v) is 7.36. The van der Waals surface area contributed by atoms with E-state index in [9.17, 15) is 9.59 Å². The van der Waals surface area contributed by atoms with Gasteiger partial charge in [-0.3, -0.25) is 9.59 Å². The second-order valence-electron chi connectivity index (χ2n) is 4.68. The van der Waals surface area contributed by atoms with Crippen LogP contribution in [0.5, 0.6) is 0 Å². The molecule has 2 N–H and O–H groups in total. The Bertz CT molecular complexity index is 691. The minimum Gasteiger partial charge on any atom is -0.326 e. The summed E-state index contributed by atoms with van der Waals surface area (Å²) in [4.78, 5) is 24.3. The third-order valence-corrected chi connectivity index (χ3v) is 4.28. The highest BCUT2D eigenvalue weighted by Crippen LogP contribution is 2.27. The van der Waals surface area contributed by atoms with Crippen LogP contribution in [-0.2, 0) is 17.6 Å². The van der Waals surface area contributed by atoms with Gasteiger partial charge < -0.3 is 10.6 Å². The van der Waals surface area contributed by atoms with Crippen LogP contribution in [0.1, 0.15) is 27.7 Å². The van der Waals surface area contributed by atoms with Crippen LogP contribution in [0.2, 0.25) is 0 Å². The lowest BCUT2D eigenvalue weighted by atomic mass is 10.1. The Morgan fingerprint density at radius 2 is 2.25 bits per heavy atom. The largest absolute Gasteiger partial charge is 0.326 e. The standard InChI is InChI=1S/C15H14N2O2S/c1-2-9-5-6-20-14(9)15(19)16-11-3-4-12-10(7-11)8-13(18)17-12/h3-7H,2,8H2,1H3,(H,16,19)(H,17,18). The zero-order valence-electron chi connectivity index (χ0n) is 11.0. The van der Waals surface area contributed by atoms with Crippen LogP contribution in [-0.4, -0.2) is 11.8 Å². The number of fused-ring (bicyclic) bond motifs is 1. The number of aryl methyl sites for hydroxylation is 1. The van der Waals surface area contributed by atoms with E-state index >= 15 is 0 Å². The number of nitrogens with one attached hydrogen (secondary N) is 2. The number of thiophene rings is 1. The summed E-state index contributed by atoms with van der Waals surface area (Å²) >= 11 is 1.45. The first-order chi connectivity index (χ1) is 9.67. The molecule has 0 spiro atoms. The third-order valence-electron chi connectivity index (χ3n) is 3.32. The number of carbonyl (C=O) groups is 2. The second-order valence-corrected chi connectivity index (χ2v) is 5.60. The topological polar surface area (TPSA) is 58.2 Å². The van der Waals surface area contributed by atoms with Gasteiger partial charge in [-0.05, 0) is 47.2 Å². The molecule has 1 aliphatic heterocycles. The average molecular weight is 286 g/mol.